The number of anilines is 2. The lowest BCUT2D eigenvalue weighted by Gasteiger charge is -2.16. The monoisotopic (exact) mass is 566 g/mol. The molecule has 2 N–H and O–H groups in total. The van der Waals surface area contributed by atoms with Crippen molar-refractivity contribution in [2.45, 2.75) is 10.1 Å². The molecule has 1 atom stereocenters. The van der Waals surface area contributed by atoms with E-state index in [-0.39, 0.29) is 17.2 Å². The lowest BCUT2D eigenvalue weighted by Crippen LogP contribution is -2.19. The highest BCUT2D eigenvalue weighted by atomic mass is 32.2. The van der Waals surface area contributed by atoms with E-state index in [1.807, 2.05) is 78.2 Å². The molecule has 198 valence electrons. The summed E-state index contributed by atoms with van der Waals surface area (Å²) >= 11 is 2.75. The van der Waals surface area contributed by atoms with Crippen LogP contribution in [0, 0.1) is 10.1 Å². The molecule has 0 aliphatic carbocycles. The van der Waals surface area contributed by atoms with Crippen LogP contribution in [0.25, 0.3) is 11.3 Å². The summed E-state index contributed by atoms with van der Waals surface area (Å²) in [5.41, 5.74) is 3.17. The van der Waals surface area contributed by atoms with Crippen molar-refractivity contribution in [2.75, 3.05) is 10.6 Å². The molecule has 0 spiro atoms. The third kappa shape index (κ3) is 6.60. The van der Waals surface area contributed by atoms with E-state index in [1.54, 1.807) is 12.1 Å². The number of benzene rings is 4. The molecule has 0 saturated carbocycles. The van der Waals surface area contributed by atoms with Gasteiger partial charge in [-0.05, 0) is 35.9 Å². The zero-order valence-corrected chi connectivity index (χ0v) is 22.5. The smallest absolute Gasteiger partial charge is 0.270 e. The van der Waals surface area contributed by atoms with E-state index >= 15 is 0 Å². The zero-order chi connectivity index (χ0) is 27.9. The van der Waals surface area contributed by atoms with Gasteiger partial charge in [-0.25, -0.2) is 4.98 Å². The Bertz CT molecular complexity index is 1640. The number of amides is 2. The first kappa shape index (κ1) is 26.8. The molecule has 0 aliphatic rings. The normalized spacial score (nSPS) is 11.4. The van der Waals surface area contributed by atoms with Crippen LogP contribution >= 0.6 is 23.1 Å². The average Bonchev–Trinajstić information content (AvgIpc) is 3.46. The van der Waals surface area contributed by atoms with Gasteiger partial charge in [-0.2, -0.15) is 0 Å². The number of carbonyl (C=O) groups is 2. The van der Waals surface area contributed by atoms with E-state index in [0.717, 1.165) is 21.7 Å². The van der Waals surface area contributed by atoms with E-state index < -0.39 is 16.1 Å². The van der Waals surface area contributed by atoms with Crippen molar-refractivity contribution in [3.05, 3.63) is 136 Å². The summed E-state index contributed by atoms with van der Waals surface area (Å²) in [6, 6.07) is 31.9. The number of rotatable bonds is 9. The third-order valence-electron chi connectivity index (χ3n) is 5.83. The van der Waals surface area contributed by atoms with E-state index in [0.29, 0.717) is 10.8 Å². The molecule has 1 unspecified atom stereocenters. The number of nitro benzene ring substituents is 1. The third-order valence-corrected chi connectivity index (χ3v) is 7.85. The highest BCUT2D eigenvalue weighted by Gasteiger charge is 2.23. The second kappa shape index (κ2) is 12.4. The first-order valence-corrected chi connectivity index (χ1v) is 13.9. The van der Waals surface area contributed by atoms with Crippen LogP contribution in [0.15, 0.2) is 119 Å². The molecule has 0 fully saturated rings. The maximum atomic E-state index is 13.4. The fourth-order valence-corrected chi connectivity index (χ4v) is 5.61. The van der Waals surface area contributed by atoms with Crippen molar-refractivity contribution in [3.8, 4) is 11.3 Å². The van der Waals surface area contributed by atoms with Gasteiger partial charge >= 0.3 is 0 Å². The lowest BCUT2D eigenvalue weighted by atomic mass is 10.1. The summed E-state index contributed by atoms with van der Waals surface area (Å²) in [6.07, 6.45) is 0. The van der Waals surface area contributed by atoms with Gasteiger partial charge in [-0.15, -0.1) is 23.1 Å². The number of hydrogen-bond acceptors (Lipinski definition) is 7. The number of aromatic nitrogens is 1. The van der Waals surface area contributed by atoms with E-state index in [4.69, 9.17) is 0 Å². The van der Waals surface area contributed by atoms with Crippen LogP contribution in [0.1, 0.15) is 21.2 Å². The number of hydrogen-bond donors (Lipinski definition) is 2. The zero-order valence-electron chi connectivity index (χ0n) is 20.9. The fraction of sp³-hybridized carbons (Fsp3) is 0.0333. The van der Waals surface area contributed by atoms with E-state index in [2.05, 4.69) is 15.6 Å². The van der Waals surface area contributed by atoms with Gasteiger partial charge in [0, 0.05) is 39.2 Å². The number of non-ortho nitro benzene ring substituents is 1. The van der Waals surface area contributed by atoms with Crippen molar-refractivity contribution in [1.29, 1.82) is 0 Å². The minimum Gasteiger partial charge on any atom is -0.322 e. The number of nitro groups is 1. The predicted octanol–water partition coefficient (Wildman–Crippen LogP) is 7.44. The molecule has 8 nitrogen and oxygen atoms in total. The van der Waals surface area contributed by atoms with Gasteiger partial charge in [-0.1, -0.05) is 66.7 Å². The minimum atomic E-state index is -0.546. The van der Waals surface area contributed by atoms with Crippen LogP contribution in [-0.4, -0.2) is 21.7 Å². The van der Waals surface area contributed by atoms with E-state index in [9.17, 15) is 19.7 Å². The predicted molar refractivity (Wildman–Crippen MR) is 159 cm³/mol. The lowest BCUT2D eigenvalue weighted by molar-refractivity contribution is -0.384. The highest BCUT2D eigenvalue weighted by molar-refractivity contribution is 8.00. The fourth-order valence-electron chi connectivity index (χ4n) is 3.86. The average molecular weight is 567 g/mol. The highest BCUT2D eigenvalue weighted by Crippen LogP contribution is 2.37. The quantitative estimate of drug-likeness (QED) is 0.109. The molecule has 5 aromatic rings. The van der Waals surface area contributed by atoms with Crippen molar-refractivity contribution in [1.82, 2.24) is 4.98 Å². The first-order chi connectivity index (χ1) is 19.5. The molecule has 40 heavy (non-hydrogen) atoms. The van der Waals surface area contributed by atoms with Crippen LogP contribution < -0.4 is 10.6 Å². The van der Waals surface area contributed by atoms with Crippen molar-refractivity contribution in [2.24, 2.45) is 0 Å². The summed E-state index contributed by atoms with van der Waals surface area (Å²) in [5, 5.41) is 18.6. The summed E-state index contributed by atoms with van der Waals surface area (Å²) in [4.78, 5) is 41.9. The summed E-state index contributed by atoms with van der Waals surface area (Å²) in [5.74, 6) is -0.655. The summed E-state index contributed by atoms with van der Waals surface area (Å²) in [6.45, 7) is 0. The summed E-state index contributed by atoms with van der Waals surface area (Å²) in [7, 11) is 0. The van der Waals surface area contributed by atoms with Gasteiger partial charge < -0.3 is 10.6 Å². The Morgan fingerprint density at radius 2 is 1.55 bits per heavy atom. The van der Waals surface area contributed by atoms with Gasteiger partial charge in [0.1, 0.15) is 5.25 Å². The molecule has 5 rings (SSSR count). The molecular formula is C30H22N4O4S2. The molecule has 1 heterocycles. The summed E-state index contributed by atoms with van der Waals surface area (Å²) < 4.78 is 0. The molecule has 0 radical (unpaired) electrons. The molecule has 0 saturated heterocycles. The maximum absolute atomic E-state index is 13.4. The molecule has 4 aromatic carbocycles. The van der Waals surface area contributed by atoms with Gasteiger partial charge in [0.05, 0.1) is 10.6 Å². The van der Waals surface area contributed by atoms with Crippen molar-refractivity contribution in [3.63, 3.8) is 0 Å². The minimum absolute atomic E-state index is 0.154. The van der Waals surface area contributed by atoms with Crippen LogP contribution in [-0.2, 0) is 4.79 Å². The van der Waals surface area contributed by atoms with Gasteiger partial charge in [0.2, 0.25) is 5.91 Å². The van der Waals surface area contributed by atoms with Crippen LogP contribution in [0.2, 0.25) is 0 Å². The first-order valence-electron chi connectivity index (χ1n) is 12.2. The second-order valence-electron chi connectivity index (χ2n) is 8.59. The van der Waals surface area contributed by atoms with Crippen LogP contribution in [0.5, 0.6) is 0 Å². The Labute approximate surface area is 238 Å². The maximum Gasteiger partial charge on any atom is 0.270 e. The molecule has 0 aliphatic heterocycles. The van der Waals surface area contributed by atoms with Crippen molar-refractivity contribution >= 4 is 51.4 Å². The van der Waals surface area contributed by atoms with Gasteiger partial charge in [-0.3, -0.25) is 19.7 Å². The second-order valence-corrected chi connectivity index (χ2v) is 10.6. The largest absolute Gasteiger partial charge is 0.322 e. The number of thioether (sulfide) groups is 1. The SMILES string of the molecule is O=C(Nc1ccc(SC(C(=O)Nc2nc(-c3ccccc3)cs2)c2ccccc2)cc1)c1cccc([N+](=O)[O-])c1. The van der Waals surface area contributed by atoms with Gasteiger partial charge in [0.15, 0.2) is 5.13 Å². The topological polar surface area (TPSA) is 114 Å². The standard InChI is InChI=1S/C30H22N4O4S2/c35-28(22-12-7-13-24(18-22)34(37)38)31-23-14-16-25(17-15-23)40-27(21-10-5-2-6-11-21)29(36)33-30-32-26(19-39-30)20-8-3-1-4-9-20/h1-19,27H,(H,31,35)(H,32,33,36). The number of nitrogens with one attached hydrogen (secondary N) is 2. The Hall–Kier alpha value is -4.80. The Morgan fingerprint density at radius 3 is 2.25 bits per heavy atom. The molecule has 2 amide bonds. The number of nitrogens with zero attached hydrogens (tertiary/aromatic N) is 2. The number of carbonyl (C=O) groups excluding carboxylic acids is 2. The number of thiazole rings is 1. The molecule has 1 aromatic heterocycles. The van der Waals surface area contributed by atoms with E-state index in [1.165, 1.54) is 47.4 Å². The Kier molecular flexibility index (Phi) is 8.29. The van der Waals surface area contributed by atoms with Crippen molar-refractivity contribution < 1.29 is 14.5 Å². The molecule has 10 heteroatoms. The van der Waals surface area contributed by atoms with Crippen LogP contribution in [0.4, 0.5) is 16.5 Å². The Balaban J connectivity index is 1.29. The Morgan fingerprint density at radius 1 is 0.850 bits per heavy atom. The van der Waals surface area contributed by atoms with Crippen LogP contribution in [0.3, 0.4) is 0 Å². The molecule has 0 bridgehead atoms. The molecular weight excluding hydrogens is 544 g/mol. The van der Waals surface area contributed by atoms with Gasteiger partial charge in [0.25, 0.3) is 11.6 Å².